The zero-order chi connectivity index (χ0) is 10.8. The maximum Gasteiger partial charge on any atom is 0.270 e. The van der Waals surface area contributed by atoms with Crippen molar-refractivity contribution in [1.29, 1.82) is 0 Å². The van der Waals surface area contributed by atoms with Gasteiger partial charge in [-0.2, -0.15) is 0 Å². The third-order valence-corrected chi connectivity index (χ3v) is 2.96. The molecule has 0 unspecified atom stereocenters. The van der Waals surface area contributed by atoms with Crippen molar-refractivity contribution >= 4 is 17.2 Å². The summed E-state index contributed by atoms with van der Waals surface area (Å²) in [6.07, 6.45) is 1.59. The summed E-state index contributed by atoms with van der Waals surface area (Å²) in [5.41, 5.74) is 0.467. The normalized spacial score (nSPS) is 10.3. The Labute approximate surface area is 90.9 Å². The van der Waals surface area contributed by atoms with E-state index in [4.69, 9.17) is 4.42 Å². The molecule has 0 saturated carbocycles. The Morgan fingerprint density at radius 3 is 3.00 bits per heavy atom. The van der Waals surface area contributed by atoms with Gasteiger partial charge in [0.1, 0.15) is 5.69 Å². The fourth-order valence-corrected chi connectivity index (χ4v) is 2.11. The lowest BCUT2D eigenvalue weighted by Crippen LogP contribution is -2.18. The first-order valence-corrected chi connectivity index (χ1v) is 5.27. The van der Waals surface area contributed by atoms with Crippen molar-refractivity contribution in [3.05, 3.63) is 29.0 Å². The maximum absolute atomic E-state index is 11.4. The monoisotopic (exact) mass is 222 g/mol. The minimum absolute atomic E-state index is 0.165. The van der Waals surface area contributed by atoms with Gasteiger partial charge in [0.15, 0.2) is 10.8 Å². The fourth-order valence-electron chi connectivity index (χ4n) is 1.23. The number of rotatable bonds is 2. The Morgan fingerprint density at radius 1 is 1.60 bits per heavy atom. The van der Waals surface area contributed by atoms with Gasteiger partial charge in [-0.05, 0) is 19.1 Å². The lowest BCUT2D eigenvalue weighted by atomic mass is 10.3. The molecule has 5 heteroatoms. The van der Waals surface area contributed by atoms with Gasteiger partial charge in [-0.15, -0.1) is 11.3 Å². The average molecular weight is 222 g/mol. The fraction of sp³-hybridized carbons (Fsp3) is 0.200. The van der Waals surface area contributed by atoms with Crippen molar-refractivity contribution < 1.29 is 9.21 Å². The molecule has 0 aliphatic heterocycles. The van der Waals surface area contributed by atoms with Gasteiger partial charge in [-0.25, -0.2) is 4.98 Å². The van der Waals surface area contributed by atoms with Crippen LogP contribution < -0.4 is 5.32 Å². The smallest absolute Gasteiger partial charge is 0.270 e. The van der Waals surface area contributed by atoms with Crippen LogP contribution in [0, 0.1) is 6.92 Å². The molecule has 0 bridgehead atoms. The van der Waals surface area contributed by atoms with E-state index >= 15 is 0 Å². The summed E-state index contributed by atoms with van der Waals surface area (Å²) in [7, 11) is 1.59. The number of nitrogens with one attached hydrogen (secondary N) is 1. The second kappa shape index (κ2) is 3.86. The third-order valence-electron chi connectivity index (χ3n) is 1.97. The Bertz CT molecular complexity index is 474. The van der Waals surface area contributed by atoms with Crippen LogP contribution in [0.15, 0.2) is 22.8 Å². The number of nitrogens with zero attached hydrogens (tertiary/aromatic N) is 1. The number of carbonyl (C=O) groups excluding carboxylic acids is 1. The first-order chi connectivity index (χ1) is 7.22. The molecule has 0 radical (unpaired) electrons. The molecule has 2 heterocycles. The molecular formula is C10H10N2O2S. The van der Waals surface area contributed by atoms with Crippen molar-refractivity contribution in [3.63, 3.8) is 0 Å². The van der Waals surface area contributed by atoms with Gasteiger partial charge >= 0.3 is 0 Å². The molecule has 0 aromatic carbocycles. The number of aryl methyl sites for hydroxylation is 1. The molecule has 4 nitrogen and oxygen atoms in total. The SMILES string of the molecule is CNC(=O)c1nc(-c2ccco2)sc1C. The molecule has 2 rings (SSSR count). The number of amides is 1. The highest BCUT2D eigenvalue weighted by Gasteiger charge is 2.15. The third kappa shape index (κ3) is 1.78. The first-order valence-electron chi connectivity index (χ1n) is 4.45. The lowest BCUT2D eigenvalue weighted by Gasteiger charge is -1.93. The van der Waals surface area contributed by atoms with Crippen molar-refractivity contribution in [2.45, 2.75) is 6.92 Å². The van der Waals surface area contributed by atoms with Crippen LogP contribution in [0.25, 0.3) is 10.8 Å². The number of hydrogen-bond donors (Lipinski definition) is 1. The van der Waals surface area contributed by atoms with Crippen LogP contribution in [-0.4, -0.2) is 17.9 Å². The van der Waals surface area contributed by atoms with Crippen LogP contribution in [-0.2, 0) is 0 Å². The first kappa shape index (κ1) is 9.92. The van der Waals surface area contributed by atoms with E-state index in [0.717, 1.165) is 9.88 Å². The summed E-state index contributed by atoms with van der Waals surface area (Å²) in [5, 5.41) is 3.29. The van der Waals surface area contributed by atoms with E-state index in [9.17, 15) is 4.79 Å². The molecule has 78 valence electrons. The quantitative estimate of drug-likeness (QED) is 0.846. The Balaban J connectivity index is 2.41. The van der Waals surface area contributed by atoms with Crippen molar-refractivity contribution in [3.8, 4) is 10.8 Å². The van der Waals surface area contributed by atoms with Crippen LogP contribution >= 0.6 is 11.3 Å². The molecule has 15 heavy (non-hydrogen) atoms. The van der Waals surface area contributed by atoms with E-state index in [0.29, 0.717) is 11.5 Å². The van der Waals surface area contributed by atoms with E-state index in [1.807, 2.05) is 13.0 Å². The van der Waals surface area contributed by atoms with E-state index < -0.39 is 0 Å². The second-order valence-corrected chi connectivity index (χ2v) is 4.18. The van der Waals surface area contributed by atoms with Crippen molar-refractivity contribution in [2.24, 2.45) is 0 Å². The molecule has 2 aromatic heterocycles. The molecule has 0 spiro atoms. The van der Waals surface area contributed by atoms with Gasteiger partial charge in [-0.3, -0.25) is 4.79 Å². The van der Waals surface area contributed by atoms with E-state index in [-0.39, 0.29) is 5.91 Å². The Kier molecular flexibility index (Phi) is 2.55. The Morgan fingerprint density at radius 2 is 2.40 bits per heavy atom. The van der Waals surface area contributed by atoms with Crippen LogP contribution in [0.3, 0.4) is 0 Å². The summed E-state index contributed by atoms with van der Waals surface area (Å²) in [6.45, 7) is 1.87. The molecule has 0 aliphatic carbocycles. The van der Waals surface area contributed by atoms with Gasteiger partial charge < -0.3 is 9.73 Å². The minimum atomic E-state index is -0.165. The molecule has 1 amide bonds. The summed E-state index contributed by atoms with van der Waals surface area (Å²) in [5.74, 6) is 0.528. The van der Waals surface area contributed by atoms with Crippen LogP contribution in [0.2, 0.25) is 0 Å². The van der Waals surface area contributed by atoms with Gasteiger partial charge in [-0.1, -0.05) is 0 Å². The highest BCUT2D eigenvalue weighted by atomic mass is 32.1. The highest BCUT2D eigenvalue weighted by Crippen LogP contribution is 2.27. The average Bonchev–Trinajstić information content (AvgIpc) is 2.84. The largest absolute Gasteiger partial charge is 0.462 e. The molecule has 0 aliphatic rings. The Hall–Kier alpha value is -1.62. The number of furan rings is 1. The predicted molar refractivity (Wildman–Crippen MR) is 57.9 cm³/mol. The molecule has 0 saturated heterocycles. The van der Waals surface area contributed by atoms with E-state index in [1.54, 1.807) is 19.4 Å². The van der Waals surface area contributed by atoms with Gasteiger partial charge in [0.25, 0.3) is 5.91 Å². The zero-order valence-electron chi connectivity index (χ0n) is 8.40. The van der Waals surface area contributed by atoms with Crippen molar-refractivity contribution in [1.82, 2.24) is 10.3 Å². The van der Waals surface area contributed by atoms with Crippen LogP contribution in [0.5, 0.6) is 0 Å². The zero-order valence-corrected chi connectivity index (χ0v) is 9.22. The molecular weight excluding hydrogens is 212 g/mol. The number of carbonyl (C=O) groups is 1. The van der Waals surface area contributed by atoms with Crippen molar-refractivity contribution in [2.75, 3.05) is 7.05 Å². The second-order valence-electron chi connectivity index (χ2n) is 2.98. The van der Waals surface area contributed by atoms with E-state index in [2.05, 4.69) is 10.3 Å². The number of thiazole rings is 1. The maximum atomic E-state index is 11.4. The predicted octanol–water partition coefficient (Wildman–Crippen LogP) is 2.07. The topological polar surface area (TPSA) is 55.1 Å². The van der Waals surface area contributed by atoms with Gasteiger partial charge in [0, 0.05) is 11.9 Å². The van der Waals surface area contributed by atoms with Gasteiger partial charge in [0.05, 0.1) is 6.26 Å². The standard InChI is InChI=1S/C10H10N2O2S/c1-6-8(9(13)11-2)12-10(15-6)7-4-3-5-14-7/h3-5H,1-2H3,(H,11,13). The summed E-state index contributed by atoms with van der Waals surface area (Å²) < 4.78 is 5.22. The number of hydrogen-bond acceptors (Lipinski definition) is 4. The summed E-state index contributed by atoms with van der Waals surface area (Å²) in [6, 6.07) is 3.62. The molecule has 2 aromatic rings. The lowest BCUT2D eigenvalue weighted by molar-refractivity contribution is 0.0958. The number of aromatic nitrogens is 1. The molecule has 0 fully saturated rings. The van der Waals surface area contributed by atoms with Gasteiger partial charge in [0.2, 0.25) is 0 Å². The van der Waals surface area contributed by atoms with Crippen LogP contribution in [0.1, 0.15) is 15.4 Å². The summed E-state index contributed by atoms with van der Waals surface area (Å²) in [4.78, 5) is 16.5. The molecule has 1 N–H and O–H groups in total. The van der Waals surface area contributed by atoms with Crippen LogP contribution in [0.4, 0.5) is 0 Å². The minimum Gasteiger partial charge on any atom is -0.462 e. The molecule has 0 atom stereocenters. The van der Waals surface area contributed by atoms with E-state index in [1.165, 1.54) is 11.3 Å². The summed E-state index contributed by atoms with van der Waals surface area (Å²) >= 11 is 1.45. The highest BCUT2D eigenvalue weighted by molar-refractivity contribution is 7.15.